The summed E-state index contributed by atoms with van der Waals surface area (Å²) in [5.74, 6) is -0.136. The zero-order valence-corrected chi connectivity index (χ0v) is 28.7. The number of carbonyl (C=O) groups excluding carboxylic acids is 2. The van der Waals surface area contributed by atoms with Crippen molar-refractivity contribution < 1.29 is 42.7 Å². The van der Waals surface area contributed by atoms with Crippen LogP contribution in [-0.4, -0.2) is 91.3 Å². The Labute approximate surface area is 278 Å². The van der Waals surface area contributed by atoms with Crippen LogP contribution in [0.25, 0.3) is 0 Å². The first kappa shape index (κ1) is 41.8. The molecular weight excluding hydrogens is 590 g/mol. The molecule has 0 atom stereocenters. The van der Waals surface area contributed by atoms with E-state index in [1.54, 1.807) is 0 Å². The molecule has 0 unspecified atom stereocenters. The van der Waals surface area contributed by atoms with E-state index in [0.717, 1.165) is 18.4 Å². The van der Waals surface area contributed by atoms with Gasteiger partial charge in [0.1, 0.15) is 13.2 Å². The highest BCUT2D eigenvalue weighted by atomic mass is 16.6. The average molecular weight is 654 g/mol. The fourth-order valence-electron chi connectivity index (χ4n) is 4.55. The van der Waals surface area contributed by atoms with E-state index in [1.807, 2.05) is 30.3 Å². The summed E-state index contributed by atoms with van der Waals surface area (Å²) in [6, 6.07) is 9.52. The zero-order chi connectivity index (χ0) is 33.0. The van der Waals surface area contributed by atoms with E-state index in [4.69, 9.17) is 33.2 Å². The Balaban J connectivity index is 1.69. The van der Waals surface area contributed by atoms with Crippen molar-refractivity contribution in [1.29, 1.82) is 0 Å². The summed E-state index contributed by atoms with van der Waals surface area (Å²) >= 11 is 0. The number of unbranched alkanes of at least 4 members (excludes halogenated alkanes) is 12. The summed E-state index contributed by atoms with van der Waals surface area (Å²) < 4.78 is 37.6. The van der Waals surface area contributed by atoms with Gasteiger partial charge in [-0.25, -0.2) is 4.79 Å². The number of nitrogens with one attached hydrogen (secondary N) is 1. The van der Waals surface area contributed by atoms with Crippen molar-refractivity contribution in [2.75, 3.05) is 79.2 Å². The Bertz CT molecular complexity index is 797. The van der Waals surface area contributed by atoms with Crippen molar-refractivity contribution in [3.63, 3.8) is 0 Å². The Morgan fingerprint density at radius 1 is 0.522 bits per heavy atom. The molecule has 1 N–H and O–H groups in total. The first-order valence-corrected chi connectivity index (χ1v) is 17.7. The molecule has 0 radical (unpaired) electrons. The maximum absolute atomic E-state index is 11.8. The highest BCUT2D eigenvalue weighted by Crippen LogP contribution is 2.13. The second-order valence-corrected chi connectivity index (χ2v) is 11.3. The Morgan fingerprint density at radius 3 is 1.46 bits per heavy atom. The van der Waals surface area contributed by atoms with Crippen LogP contribution in [0.4, 0.5) is 4.79 Å². The maximum Gasteiger partial charge on any atom is 0.407 e. The van der Waals surface area contributed by atoms with Crippen molar-refractivity contribution in [2.45, 2.75) is 103 Å². The quantitative estimate of drug-likeness (QED) is 0.0620. The number of hydrogen-bond acceptors (Lipinski definition) is 9. The molecule has 0 aliphatic carbocycles. The van der Waals surface area contributed by atoms with Gasteiger partial charge in [0.15, 0.2) is 0 Å². The van der Waals surface area contributed by atoms with Crippen molar-refractivity contribution in [2.24, 2.45) is 0 Å². The number of esters is 1. The molecule has 10 nitrogen and oxygen atoms in total. The smallest absolute Gasteiger partial charge is 0.407 e. The summed E-state index contributed by atoms with van der Waals surface area (Å²) in [6.45, 7) is 7.59. The number of hydrogen-bond donors (Lipinski definition) is 1. The van der Waals surface area contributed by atoms with Gasteiger partial charge in [-0.1, -0.05) is 114 Å². The van der Waals surface area contributed by atoms with Crippen LogP contribution in [0.15, 0.2) is 30.3 Å². The summed E-state index contributed by atoms with van der Waals surface area (Å²) in [7, 11) is 0. The molecule has 0 aliphatic rings. The van der Waals surface area contributed by atoms with Crippen LogP contribution in [0.1, 0.15) is 102 Å². The molecule has 1 amide bonds. The molecular formula is C36H63NO9. The first-order chi connectivity index (χ1) is 22.7. The van der Waals surface area contributed by atoms with E-state index in [1.165, 1.54) is 70.6 Å². The van der Waals surface area contributed by atoms with Crippen LogP contribution in [0.5, 0.6) is 0 Å². The minimum atomic E-state index is -0.467. The van der Waals surface area contributed by atoms with E-state index in [2.05, 4.69) is 12.2 Å². The lowest BCUT2D eigenvalue weighted by Crippen LogP contribution is -2.28. The number of amides is 1. The standard InChI is InChI=1S/C36H63NO9/c1-2-3-4-5-6-7-8-9-10-11-12-13-17-20-35(38)45-32-31-44-30-29-43-28-27-42-26-25-41-24-23-40-22-21-37-36(39)46-33-34-18-15-14-16-19-34/h14-16,18-19H,2-13,17,20-33H2,1H3,(H,37,39). The number of carbonyl (C=O) groups is 2. The molecule has 46 heavy (non-hydrogen) atoms. The molecule has 0 aliphatic heterocycles. The molecule has 0 saturated carbocycles. The zero-order valence-electron chi connectivity index (χ0n) is 28.7. The first-order valence-electron chi connectivity index (χ1n) is 17.7. The fraction of sp³-hybridized carbons (Fsp3) is 0.778. The molecule has 0 fully saturated rings. The van der Waals surface area contributed by atoms with Gasteiger partial charge < -0.3 is 38.5 Å². The van der Waals surface area contributed by atoms with Gasteiger partial charge in [0, 0.05) is 13.0 Å². The van der Waals surface area contributed by atoms with E-state index in [9.17, 15) is 9.59 Å². The lowest BCUT2D eigenvalue weighted by atomic mass is 10.0. The van der Waals surface area contributed by atoms with E-state index in [0.29, 0.717) is 79.0 Å². The predicted molar refractivity (Wildman–Crippen MR) is 180 cm³/mol. The second kappa shape index (κ2) is 34.1. The predicted octanol–water partition coefficient (Wildman–Crippen LogP) is 7.02. The highest BCUT2D eigenvalue weighted by Gasteiger charge is 2.04. The van der Waals surface area contributed by atoms with E-state index < -0.39 is 6.09 Å². The number of alkyl carbamates (subject to hydrolysis) is 1. The van der Waals surface area contributed by atoms with Crippen LogP contribution in [0.3, 0.4) is 0 Å². The van der Waals surface area contributed by atoms with Gasteiger partial charge >= 0.3 is 12.1 Å². The van der Waals surface area contributed by atoms with Crippen LogP contribution in [0, 0.1) is 0 Å². The normalized spacial score (nSPS) is 11.1. The third-order valence-electron chi connectivity index (χ3n) is 7.19. The van der Waals surface area contributed by atoms with E-state index >= 15 is 0 Å². The molecule has 0 saturated heterocycles. The molecule has 10 heteroatoms. The lowest BCUT2D eigenvalue weighted by Gasteiger charge is -2.09. The SMILES string of the molecule is CCCCCCCCCCCCCCCC(=O)OCCOCCOCCOCCOCCOCCNC(=O)OCc1ccccc1. The summed E-state index contributed by atoms with van der Waals surface area (Å²) in [5, 5.41) is 2.64. The fourth-order valence-corrected chi connectivity index (χ4v) is 4.55. The average Bonchev–Trinajstić information content (AvgIpc) is 3.07. The molecule has 0 spiro atoms. The molecule has 266 valence electrons. The van der Waals surface area contributed by atoms with Gasteiger partial charge in [0.05, 0.1) is 66.1 Å². The van der Waals surface area contributed by atoms with Gasteiger partial charge in [-0.2, -0.15) is 0 Å². The molecule has 1 aromatic carbocycles. The third kappa shape index (κ3) is 30.4. The minimum absolute atomic E-state index is 0.136. The van der Waals surface area contributed by atoms with Gasteiger partial charge in [0.25, 0.3) is 0 Å². The Hall–Kier alpha value is -2.24. The summed E-state index contributed by atoms with van der Waals surface area (Å²) in [4.78, 5) is 23.5. The lowest BCUT2D eigenvalue weighted by molar-refractivity contribution is -0.145. The minimum Gasteiger partial charge on any atom is -0.463 e. The summed E-state index contributed by atoms with van der Waals surface area (Å²) in [5.41, 5.74) is 0.940. The summed E-state index contributed by atoms with van der Waals surface area (Å²) in [6.07, 6.45) is 16.8. The van der Waals surface area contributed by atoms with Gasteiger partial charge in [-0.3, -0.25) is 4.79 Å². The van der Waals surface area contributed by atoms with Crippen LogP contribution in [0.2, 0.25) is 0 Å². The maximum atomic E-state index is 11.8. The third-order valence-corrected chi connectivity index (χ3v) is 7.19. The molecule has 1 aromatic rings. The van der Waals surface area contributed by atoms with Crippen molar-refractivity contribution >= 4 is 12.1 Å². The van der Waals surface area contributed by atoms with Crippen LogP contribution in [-0.2, 0) is 44.6 Å². The number of benzene rings is 1. The number of rotatable bonds is 34. The highest BCUT2D eigenvalue weighted by molar-refractivity contribution is 5.69. The van der Waals surface area contributed by atoms with Gasteiger partial charge in [0.2, 0.25) is 0 Å². The van der Waals surface area contributed by atoms with Crippen molar-refractivity contribution in [1.82, 2.24) is 5.32 Å². The van der Waals surface area contributed by atoms with Gasteiger partial charge in [-0.05, 0) is 12.0 Å². The largest absolute Gasteiger partial charge is 0.463 e. The second-order valence-electron chi connectivity index (χ2n) is 11.3. The molecule has 1 rings (SSSR count). The monoisotopic (exact) mass is 653 g/mol. The molecule has 0 heterocycles. The van der Waals surface area contributed by atoms with Crippen molar-refractivity contribution in [3.8, 4) is 0 Å². The van der Waals surface area contributed by atoms with E-state index in [-0.39, 0.29) is 19.2 Å². The Morgan fingerprint density at radius 2 is 0.957 bits per heavy atom. The van der Waals surface area contributed by atoms with Crippen LogP contribution < -0.4 is 5.32 Å². The molecule has 0 bridgehead atoms. The van der Waals surface area contributed by atoms with Gasteiger partial charge in [-0.15, -0.1) is 0 Å². The molecule has 0 aromatic heterocycles. The number of ether oxygens (including phenoxy) is 7. The van der Waals surface area contributed by atoms with Crippen LogP contribution >= 0.6 is 0 Å². The van der Waals surface area contributed by atoms with Crippen molar-refractivity contribution in [3.05, 3.63) is 35.9 Å². The topological polar surface area (TPSA) is 111 Å². The Kier molecular flexibility index (Phi) is 31.0.